The second kappa shape index (κ2) is 9.18. The van der Waals surface area contributed by atoms with Gasteiger partial charge in [-0.25, -0.2) is 0 Å². The minimum atomic E-state index is -0.493. The molecule has 3 aromatic rings. The minimum Gasteiger partial charge on any atom is -0.489 e. The first-order valence-electron chi connectivity index (χ1n) is 8.92. The van der Waals surface area contributed by atoms with E-state index in [4.69, 9.17) is 4.74 Å². The first-order chi connectivity index (χ1) is 12.7. The molecule has 0 saturated carbocycles. The van der Waals surface area contributed by atoms with E-state index in [1.807, 2.05) is 54.6 Å². The van der Waals surface area contributed by atoms with Crippen molar-refractivity contribution in [3.05, 3.63) is 101 Å². The predicted molar refractivity (Wildman–Crippen MR) is 105 cm³/mol. The summed E-state index contributed by atoms with van der Waals surface area (Å²) in [7, 11) is 0. The van der Waals surface area contributed by atoms with Crippen molar-refractivity contribution in [2.75, 3.05) is 6.54 Å². The Balaban J connectivity index is 1.45. The Morgan fingerprint density at radius 3 is 2.31 bits per heavy atom. The second-order valence-corrected chi connectivity index (χ2v) is 6.42. The molecule has 3 rings (SSSR count). The number of aryl methyl sites for hydroxylation is 1. The van der Waals surface area contributed by atoms with E-state index in [2.05, 4.69) is 36.5 Å². The van der Waals surface area contributed by atoms with Gasteiger partial charge in [0.2, 0.25) is 0 Å². The lowest BCUT2D eigenvalue weighted by Gasteiger charge is -2.13. The van der Waals surface area contributed by atoms with E-state index in [0.29, 0.717) is 19.7 Å². The Morgan fingerprint density at radius 1 is 0.885 bits per heavy atom. The molecule has 0 fully saturated rings. The number of aliphatic hydroxyl groups excluding tert-OH is 1. The lowest BCUT2D eigenvalue weighted by atomic mass is 10.1. The first kappa shape index (κ1) is 18.2. The number of hydrogen-bond donors (Lipinski definition) is 2. The summed E-state index contributed by atoms with van der Waals surface area (Å²) in [5.41, 5.74) is 4.53. The average molecular weight is 347 g/mol. The molecule has 0 aliphatic rings. The third-order valence-electron chi connectivity index (χ3n) is 4.43. The van der Waals surface area contributed by atoms with E-state index < -0.39 is 6.10 Å². The Bertz CT molecular complexity index is 800. The van der Waals surface area contributed by atoms with Crippen LogP contribution in [0.3, 0.4) is 0 Å². The van der Waals surface area contributed by atoms with Gasteiger partial charge in [0.15, 0.2) is 0 Å². The molecule has 0 amide bonds. The second-order valence-electron chi connectivity index (χ2n) is 6.42. The van der Waals surface area contributed by atoms with E-state index >= 15 is 0 Å². The average Bonchev–Trinajstić information content (AvgIpc) is 2.69. The van der Waals surface area contributed by atoms with Crippen molar-refractivity contribution in [3.63, 3.8) is 0 Å². The third kappa shape index (κ3) is 5.19. The molecule has 3 heteroatoms. The fourth-order valence-corrected chi connectivity index (χ4v) is 2.78. The van der Waals surface area contributed by atoms with Crippen molar-refractivity contribution in [3.8, 4) is 5.75 Å². The highest BCUT2D eigenvalue weighted by Crippen LogP contribution is 2.16. The third-order valence-corrected chi connectivity index (χ3v) is 4.43. The van der Waals surface area contributed by atoms with Gasteiger partial charge in [0.25, 0.3) is 0 Å². The van der Waals surface area contributed by atoms with Gasteiger partial charge in [-0.05, 0) is 41.3 Å². The molecule has 3 nitrogen and oxygen atoms in total. The van der Waals surface area contributed by atoms with Crippen molar-refractivity contribution < 1.29 is 9.84 Å². The van der Waals surface area contributed by atoms with Crippen LogP contribution < -0.4 is 10.1 Å². The zero-order valence-corrected chi connectivity index (χ0v) is 15.1. The molecule has 0 radical (unpaired) electrons. The van der Waals surface area contributed by atoms with Crippen LogP contribution in [0, 0.1) is 6.92 Å². The smallest absolute Gasteiger partial charge is 0.119 e. The maximum absolute atomic E-state index is 10.2. The summed E-state index contributed by atoms with van der Waals surface area (Å²) in [5, 5.41) is 13.5. The van der Waals surface area contributed by atoms with E-state index in [1.165, 1.54) is 11.1 Å². The molecule has 134 valence electrons. The Labute approximate surface area is 155 Å². The molecule has 26 heavy (non-hydrogen) atoms. The quantitative estimate of drug-likeness (QED) is 0.635. The number of ether oxygens (including phenoxy) is 1. The van der Waals surface area contributed by atoms with E-state index in [1.54, 1.807) is 0 Å². The van der Waals surface area contributed by atoms with Gasteiger partial charge >= 0.3 is 0 Å². The molecule has 0 bridgehead atoms. The number of rotatable bonds is 8. The van der Waals surface area contributed by atoms with Crippen LogP contribution >= 0.6 is 0 Å². The van der Waals surface area contributed by atoms with Crippen molar-refractivity contribution in [2.24, 2.45) is 0 Å². The summed E-state index contributed by atoms with van der Waals surface area (Å²) in [6.07, 6.45) is -0.493. The van der Waals surface area contributed by atoms with Crippen LogP contribution in [0.1, 0.15) is 28.4 Å². The van der Waals surface area contributed by atoms with Crippen molar-refractivity contribution >= 4 is 0 Å². The summed E-state index contributed by atoms with van der Waals surface area (Å²) >= 11 is 0. The molecule has 2 N–H and O–H groups in total. The maximum Gasteiger partial charge on any atom is 0.119 e. The maximum atomic E-state index is 10.2. The first-order valence-corrected chi connectivity index (χ1v) is 8.92. The molecule has 0 heterocycles. The minimum absolute atomic E-state index is 0.493. The lowest BCUT2D eigenvalue weighted by molar-refractivity contribution is 0.174. The number of nitrogens with one attached hydrogen (secondary N) is 1. The van der Waals surface area contributed by atoms with Gasteiger partial charge in [0.05, 0.1) is 6.10 Å². The molecule has 3 aromatic carbocycles. The van der Waals surface area contributed by atoms with Crippen LogP contribution in [0.5, 0.6) is 5.75 Å². The van der Waals surface area contributed by atoms with Gasteiger partial charge in [-0.3, -0.25) is 0 Å². The summed E-state index contributed by atoms with van der Waals surface area (Å²) in [6, 6.07) is 26.0. The van der Waals surface area contributed by atoms with E-state index in [-0.39, 0.29) is 0 Å². The van der Waals surface area contributed by atoms with Crippen LogP contribution in [-0.2, 0) is 13.2 Å². The molecule has 0 aromatic heterocycles. The molecule has 0 unspecified atom stereocenters. The number of hydrogen-bond acceptors (Lipinski definition) is 3. The van der Waals surface area contributed by atoms with Crippen molar-refractivity contribution in [2.45, 2.75) is 26.2 Å². The van der Waals surface area contributed by atoms with Gasteiger partial charge < -0.3 is 15.2 Å². The van der Waals surface area contributed by atoms with Gasteiger partial charge in [-0.2, -0.15) is 0 Å². The molecule has 0 spiro atoms. The fraction of sp³-hybridized carbons (Fsp3) is 0.217. The van der Waals surface area contributed by atoms with Crippen LogP contribution in [0.15, 0.2) is 78.9 Å². The summed E-state index contributed by atoms with van der Waals surface area (Å²) in [4.78, 5) is 0. The molecule has 1 atom stereocenters. The van der Waals surface area contributed by atoms with E-state index in [0.717, 1.165) is 16.9 Å². The van der Waals surface area contributed by atoms with Gasteiger partial charge in [0.1, 0.15) is 12.4 Å². The summed E-state index contributed by atoms with van der Waals surface area (Å²) in [6.45, 7) is 3.91. The Morgan fingerprint density at radius 2 is 1.58 bits per heavy atom. The Hall–Kier alpha value is -2.62. The van der Waals surface area contributed by atoms with Crippen LogP contribution in [0.2, 0.25) is 0 Å². The normalized spacial score (nSPS) is 11.9. The predicted octanol–water partition coefficient (Wildman–Crippen LogP) is 4.40. The number of benzene rings is 3. The zero-order chi connectivity index (χ0) is 18.2. The Kier molecular flexibility index (Phi) is 6.42. The fourth-order valence-electron chi connectivity index (χ4n) is 2.78. The molecule has 0 saturated heterocycles. The molecular formula is C23H25NO2. The molecule has 0 aliphatic heterocycles. The highest BCUT2D eigenvalue weighted by Gasteiger charge is 2.06. The highest BCUT2D eigenvalue weighted by atomic mass is 16.5. The highest BCUT2D eigenvalue weighted by molar-refractivity contribution is 5.29. The van der Waals surface area contributed by atoms with Gasteiger partial charge in [-0.1, -0.05) is 66.7 Å². The SMILES string of the molecule is Cc1ccccc1COc1ccc(CNC[C@H](O)c2ccccc2)cc1. The van der Waals surface area contributed by atoms with Gasteiger partial charge in [-0.15, -0.1) is 0 Å². The lowest BCUT2D eigenvalue weighted by Crippen LogP contribution is -2.20. The van der Waals surface area contributed by atoms with Crippen LogP contribution in [-0.4, -0.2) is 11.7 Å². The summed E-state index contributed by atoms with van der Waals surface area (Å²) in [5.74, 6) is 0.862. The van der Waals surface area contributed by atoms with Gasteiger partial charge in [0, 0.05) is 13.1 Å². The van der Waals surface area contributed by atoms with Crippen LogP contribution in [0.25, 0.3) is 0 Å². The monoisotopic (exact) mass is 347 g/mol. The van der Waals surface area contributed by atoms with Crippen molar-refractivity contribution in [1.82, 2.24) is 5.32 Å². The van der Waals surface area contributed by atoms with Crippen molar-refractivity contribution in [1.29, 1.82) is 0 Å². The summed E-state index contributed by atoms with van der Waals surface area (Å²) < 4.78 is 5.87. The van der Waals surface area contributed by atoms with Crippen LogP contribution in [0.4, 0.5) is 0 Å². The molecular weight excluding hydrogens is 322 g/mol. The number of aliphatic hydroxyl groups is 1. The van der Waals surface area contributed by atoms with E-state index in [9.17, 15) is 5.11 Å². The zero-order valence-electron chi connectivity index (χ0n) is 15.1. The standard InChI is InChI=1S/C23H25NO2/c1-18-7-5-6-10-21(18)17-26-22-13-11-19(12-14-22)15-24-16-23(25)20-8-3-2-4-9-20/h2-14,23-25H,15-17H2,1H3/t23-/m0/s1. The topological polar surface area (TPSA) is 41.5 Å². The molecule has 0 aliphatic carbocycles. The largest absolute Gasteiger partial charge is 0.489 e.